The first kappa shape index (κ1) is 29.6. The van der Waals surface area contributed by atoms with Gasteiger partial charge in [-0.15, -0.1) is 34.4 Å². The fraction of sp³-hybridized carbons (Fsp3) is 0. The molecule has 0 rings (SSSR count). The first-order valence-electron chi connectivity index (χ1n) is 2.20. The van der Waals surface area contributed by atoms with Gasteiger partial charge in [-0.2, -0.15) is 19.8 Å². The maximum absolute atomic E-state index is 7.38. The predicted octanol–water partition coefficient (Wildman–Crippen LogP) is -2.30. The van der Waals surface area contributed by atoms with E-state index in [1.165, 1.54) is 0 Å². The summed E-state index contributed by atoms with van der Waals surface area (Å²) in [4.78, 5) is 0. The summed E-state index contributed by atoms with van der Waals surface area (Å²) in [5.74, 6) is 0. The van der Waals surface area contributed by atoms with Crippen LogP contribution in [0.25, 0.3) is 0 Å². The molecule has 0 saturated carbocycles. The van der Waals surface area contributed by atoms with Crippen LogP contribution in [0.4, 0.5) is 0 Å². The third-order valence-corrected chi connectivity index (χ3v) is 0. The van der Waals surface area contributed by atoms with Gasteiger partial charge in [-0.3, -0.25) is 0 Å². The minimum atomic E-state index is -1.69. The van der Waals surface area contributed by atoms with Gasteiger partial charge < -0.3 is 30.1 Å². The molecule has 0 aromatic rings. The number of halogens is 3. The zero-order valence-corrected chi connectivity index (χ0v) is 12.1. The lowest BCUT2D eigenvalue weighted by Crippen LogP contribution is -1.96. The van der Waals surface area contributed by atoms with Crippen molar-refractivity contribution in [2.45, 2.75) is 0 Å². The van der Waals surface area contributed by atoms with Gasteiger partial charge in [0.2, 0.25) is 0 Å². The Balaban J connectivity index is -0.0000000270. The molecule has 0 amide bonds. The Hall–Kier alpha value is 1.68. The van der Waals surface area contributed by atoms with Gasteiger partial charge in [0, 0.05) is 0 Å². The fourth-order valence-corrected chi connectivity index (χ4v) is 0. The lowest BCUT2D eigenvalue weighted by molar-refractivity contribution is 0.434. The highest BCUT2D eigenvalue weighted by atomic mass is 35.5. The third-order valence-electron chi connectivity index (χ3n) is 0. The maximum atomic E-state index is 7.38. The van der Waals surface area contributed by atoms with Crippen molar-refractivity contribution in [2.24, 2.45) is 0 Å². The molecule has 0 radical (unpaired) electrons. The molecule has 6 N–H and O–H groups in total. The van der Waals surface area contributed by atoms with Gasteiger partial charge in [0.1, 0.15) is 0 Å². The molecule has 0 aliphatic carbocycles. The Morgan fingerprint density at radius 2 is 0.500 bits per heavy atom. The van der Waals surface area contributed by atoms with Gasteiger partial charge in [-0.25, -0.2) is 0 Å². The molecule has 0 aromatic heterocycles. The van der Waals surface area contributed by atoms with E-state index in [0.717, 1.165) is 0 Å². The molecule has 0 bridgehead atoms. The van der Waals surface area contributed by atoms with Crippen LogP contribution >= 0.6 is 54.2 Å². The highest BCUT2D eigenvalue weighted by Gasteiger charge is 1.92. The molecular formula is H12B3Cl3O6P2. The molecule has 6 nitrogen and oxygen atoms in total. The highest BCUT2D eigenvalue weighted by molar-refractivity contribution is 6.98. The number of hydrogen-bond acceptors (Lipinski definition) is 6. The van der Waals surface area contributed by atoms with Crippen LogP contribution in [0.5, 0.6) is 0 Å². The summed E-state index contributed by atoms with van der Waals surface area (Å²) in [6.45, 7) is -5.08. The van der Waals surface area contributed by atoms with Crippen molar-refractivity contribution in [3.05, 3.63) is 0 Å². The average Bonchev–Trinajstić information content (AvgIpc) is 1.54. The minimum absolute atomic E-state index is 0. The van der Waals surface area contributed by atoms with E-state index in [4.69, 9.17) is 30.1 Å². The SMILES string of the molecule is OB(O)Cl.OB(O)Cl.OB(O)Cl.P.P. The Kier molecular flexibility index (Phi) is 51.0. The lowest BCUT2D eigenvalue weighted by atomic mass is 10.4. The summed E-state index contributed by atoms with van der Waals surface area (Å²) < 4.78 is 0. The summed E-state index contributed by atoms with van der Waals surface area (Å²) in [5, 5.41) is 44.3. The molecule has 88 valence electrons. The fourth-order valence-electron chi connectivity index (χ4n) is 0. The second-order valence-corrected chi connectivity index (χ2v) is 2.10. The minimum Gasteiger partial charge on any atom is -0.414 e. The van der Waals surface area contributed by atoms with Crippen molar-refractivity contribution in [3.63, 3.8) is 0 Å². The molecule has 2 unspecified atom stereocenters. The van der Waals surface area contributed by atoms with Crippen LogP contribution in [0.1, 0.15) is 0 Å². The van der Waals surface area contributed by atoms with Crippen molar-refractivity contribution in [1.82, 2.24) is 0 Å². The van der Waals surface area contributed by atoms with Gasteiger partial charge in [0.25, 0.3) is 0 Å². The van der Waals surface area contributed by atoms with Crippen LogP contribution in [0.2, 0.25) is 0 Å². The van der Waals surface area contributed by atoms with Crippen LogP contribution in [-0.4, -0.2) is 49.7 Å². The molecule has 0 spiro atoms. The molecule has 0 saturated heterocycles. The van der Waals surface area contributed by atoms with Crippen LogP contribution in [0.15, 0.2) is 0 Å². The largest absolute Gasteiger partial charge is 0.566 e. The van der Waals surface area contributed by atoms with Crippen molar-refractivity contribution < 1.29 is 30.1 Å². The summed E-state index contributed by atoms with van der Waals surface area (Å²) in [7, 11) is 0. The summed E-state index contributed by atoms with van der Waals surface area (Å²) >= 11 is 13.2. The van der Waals surface area contributed by atoms with Gasteiger partial charge in [-0.05, 0) is 0 Å². The Labute approximate surface area is 104 Å². The first-order valence-corrected chi connectivity index (χ1v) is 3.51. The van der Waals surface area contributed by atoms with Crippen molar-refractivity contribution in [2.75, 3.05) is 0 Å². The molecule has 14 heavy (non-hydrogen) atoms. The van der Waals surface area contributed by atoms with E-state index in [1.54, 1.807) is 0 Å². The van der Waals surface area contributed by atoms with Gasteiger partial charge in [0.05, 0.1) is 0 Å². The van der Waals surface area contributed by atoms with E-state index in [0.29, 0.717) is 0 Å². The monoisotopic (exact) mass is 308 g/mol. The van der Waals surface area contributed by atoms with Gasteiger partial charge >= 0.3 is 19.6 Å². The number of rotatable bonds is 0. The summed E-state index contributed by atoms with van der Waals surface area (Å²) in [6, 6.07) is 0. The Morgan fingerprint density at radius 1 is 0.500 bits per heavy atom. The zero-order valence-electron chi connectivity index (χ0n) is 6.96. The van der Waals surface area contributed by atoms with E-state index in [2.05, 4.69) is 34.4 Å². The van der Waals surface area contributed by atoms with Crippen LogP contribution in [-0.2, 0) is 0 Å². The van der Waals surface area contributed by atoms with Crippen molar-refractivity contribution in [3.8, 4) is 0 Å². The quantitative estimate of drug-likeness (QED) is 0.221. The average molecular weight is 309 g/mol. The van der Waals surface area contributed by atoms with E-state index < -0.39 is 19.6 Å². The van der Waals surface area contributed by atoms with Crippen molar-refractivity contribution in [1.29, 1.82) is 0 Å². The molecule has 0 aromatic carbocycles. The third kappa shape index (κ3) is 776. The lowest BCUT2D eigenvalue weighted by Gasteiger charge is -1.67. The van der Waals surface area contributed by atoms with Crippen LogP contribution < -0.4 is 0 Å². The maximum Gasteiger partial charge on any atom is 0.566 e. The summed E-state index contributed by atoms with van der Waals surface area (Å²) in [5.41, 5.74) is 0. The summed E-state index contributed by atoms with van der Waals surface area (Å²) in [6.07, 6.45) is 0. The molecule has 0 fully saturated rings. The van der Waals surface area contributed by atoms with Crippen LogP contribution in [0.3, 0.4) is 0 Å². The highest BCUT2D eigenvalue weighted by Crippen LogP contribution is 1.67. The normalized spacial score (nSPS) is 5.79. The second kappa shape index (κ2) is 24.1. The zero-order chi connectivity index (χ0) is 10.7. The topological polar surface area (TPSA) is 121 Å². The number of hydrogen-bond donors (Lipinski definition) is 6. The van der Waals surface area contributed by atoms with Crippen molar-refractivity contribution >= 4 is 73.8 Å². The molecule has 14 heteroatoms. The molecule has 2 atom stereocenters. The smallest absolute Gasteiger partial charge is 0.414 e. The Morgan fingerprint density at radius 3 is 0.500 bits per heavy atom. The standard InChI is InChI=1S/3BClH2O2.2H3P/c3*2-1(3)4;;/h3*3-4H;2*1H3. The van der Waals surface area contributed by atoms with Crippen LogP contribution in [0, 0.1) is 0 Å². The molecule has 0 heterocycles. The molecule has 0 aliphatic rings. The predicted molar refractivity (Wildman–Crippen MR) is 70.3 cm³/mol. The van der Waals surface area contributed by atoms with E-state index >= 15 is 0 Å². The van der Waals surface area contributed by atoms with Gasteiger partial charge in [-0.1, -0.05) is 0 Å². The molecular weight excluding hydrogens is 297 g/mol. The van der Waals surface area contributed by atoms with E-state index in [-0.39, 0.29) is 19.8 Å². The second-order valence-electron chi connectivity index (χ2n) is 0.932. The van der Waals surface area contributed by atoms with Gasteiger partial charge in [0.15, 0.2) is 0 Å². The first-order chi connectivity index (χ1) is 5.20. The van der Waals surface area contributed by atoms with E-state index in [9.17, 15) is 0 Å². The van der Waals surface area contributed by atoms with E-state index in [1.807, 2.05) is 0 Å². The Bertz CT molecular complexity index is 54.8. The molecule has 0 aliphatic heterocycles.